The number of aromatic hydroxyl groups is 1. The summed E-state index contributed by atoms with van der Waals surface area (Å²) < 4.78 is 13.5. The predicted octanol–water partition coefficient (Wildman–Crippen LogP) is 4.20. The Bertz CT molecular complexity index is 730. The van der Waals surface area contributed by atoms with Crippen molar-refractivity contribution in [3.8, 4) is 5.75 Å². The summed E-state index contributed by atoms with van der Waals surface area (Å²) in [4.78, 5) is 22.2. The molecular formula is C21H34NO5P. The van der Waals surface area contributed by atoms with Crippen LogP contribution in [0.4, 0.5) is 0 Å². The molecule has 1 aromatic rings. The van der Waals surface area contributed by atoms with E-state index in [9.17, 15) is 19.3 Å². The molecule has 4 N–H and O–H groups in total. The number of hydrogen-bond donors (Lipinski definition) is 3. The van der Waals surface area contributed by atoms with Crippen molar-refractivity contribution in [2.24, 2.45) is 5.73 Å². The van der Waals surface area contributed by atoms with Gasteiger partial charge in [-0.25, -0.2) is 0 Å². The van der Waals surface area contributed by atoms with Crippen molar-refractivity contribution in [3.05, 3.63) is 28.8 Å². The second-order valence-electron chi connectivity index (χ2n) is 9.56. The molecule has 158 valence electrons. The van der Waals surface area contributed by atoms with Crippen molar-refractivity contribution in [2.45, 2.75) is 71.4 Å². The van der Waals surface area contributed by atoms with Gasteiger partial charge in [-0.05, 0) is 27.5 Å². The highest BCUT2D eigenvalue weighted by Gasteiger charge is 2.29. The molecule has 0 heterocycles. The van der Waals surface area contributed by atoms with Crippen LogP contribution in [-0.4, -0.2) is 34.4 Å². The first-order chi connectivity index (χ1) is 12.5. The largest absolute Gasteiger partial charge is 0.507 e. The van der Waals surface area contributed by atoms with Crippen molar-refractivity contribution in [3.63, 3.8) is 0 Å². The smallest absolute Gasteiger partial charge is 0.303 e. The van der Waals surface area contributed by atoms with Crippen LogP contribution in [0.25, 0.3) is 0 Å². The highest BCUT2D eigenvalue weighted by Crippen LogP contribution is 2.51. The van der Waals surface area contributed by atoms with Gasteiger partial charge in [0, 0.05) is 24.9 Å². The summed E-state index contributed by atoms with van der Waals surface area (Å²) in [6, 6.07) is 3.70. The maximum Gasteiger partial charge on any atom is 0.303 e. The standard InChI is InChI=1S/C21H34NO5P/c1-20(2,3)15-11-14(12-16(19(15)26)21(4,5)6)13-28(27,9-7-17(22)23)10-8-18(24)25/h11-12,26H,7-10,13H2,1-6H3,(H2,22,23)(H,24,25). The first-order valence-corrected chi connectivity index (χ1v) is 11.8. The number of carbonyl (C=O) groups is 2. The number of primary amides is 1. The monoisotopic (exact) mass is 411 g/mol. The number of rotatable bonds is 8. The van der Waals surface area contributed by atoms with Crippen LogP contribution in [0.1, 0.15) is 71.1 Å². The van der Waals surface area contributed by atoms with Crippen LogP contribution in [-0.2, 0) is 31.1 Å². The zero-order valence-electron chi connectivity index (χ0n) is 17.8. The third-order valence-electron chi connectivity index (χ3n) is 4.76. The van der Waals surface area contributed by atoms with Crippen LogP contribution in [0, 0.1) is 0 Å². The highest BCUT2D eigenvalue weighted by atomic mass is 31.2. The van der Waals surface area contributed by atoms with Gasteiger partial charge >= 0.3 is 5.97 Å². The number of aliphatic carboxylic acids is 1. The molecule has 1 aromatic carbocycles. The lowest BCUT2D eigenvalue weighted by molar-refractivity contribution is -0.136. The first kappa shape index (κ1) is 24.2. The third-order valence-corrected chi connectivity index (χ3v) is 7.77. The topological polar surface area (TPSA) is 118 Å². The molecule has 1 unspecified atom stereocenters. The Kier molecular flexibility index (Phi) is 7.52. The summed E-state index contributed by atoms with van der Waals surface area (Å²) in [5, 5.41) is 19.8. The molecule has 7 heteroatoms. The molecule has 0 aliphatic rings. The summed E-state index contributed by atoms with van der Waals surface area (Å²) in [5.41, 5.74) is 6.88. The van der Waals surface area contributed by atoms with Gasteiger partial charge in [0.1, 0.15) is 5.75 Å². The van der Waals surface area contributed by atoms with Crippen molar-refractivity contribution < 1.29 is 24.4 Å². The maximum absolute atomic E-state index is 13.5. The van der Waals surface area contributed by atoms with E-state index in [0.29, 0.717) is 0 Å². The Morgan fingerprint density at radius 1 is 0.964 bits per heavy atom. The minimum Gasteiger partial charge on any atom is -0.507 e. The Hall–Kier alpha value is -1.81. The molecule has 0 aliphatic carbocycles. The van der Waals surface area contributed by atoms with Crippen LogP contribution >= 0.6 is 7.14 Å². The molecule has 28 heavy (non-hydrogen) atoms. The van der Waals surface area contributed by atoms with Gasteiger partial charge in [0.2, 0.25) is 5.91 Å². The Morgan fingerprint density at radius 2 is 1.39 bits per heavy atom. The van der Waals surface area contributed by atoms with Crippen LogP contribution in [0.3, 0.4) is 0 Å². The minimum atomic E-state index is -2.97. The average molecular weight is 411 g/mol. The third kappa shape index (κ3) is 6.97. The second-order valence-corrected chi connectivity index (χ2v) is 12.9. The van der Waals surface area contributed by atoms with Crippen LogP contribution in [0.2, 0.25) is 0 Å². The molecule has 1 amide bonds. The van der Waals surface area contributed by atoms with E-state index in [1.165, 1.54) is 0 Å². The molecule has 0 aromatic heterocycles. The number of carboxylic acid groups (broad SMARTS) is 1. The van der Waals surface area contributed by atoms with E-state index in [2.05, 4.69) is 0 Å². The zero-order chi connectivity index (χ0) is 21.9. The van der Waals surface area contributed by atoms with Gasteiger partial charge in [0.25, 0.3) is 0 Å². The van der Waals surface area contributed by atoms with E-state index in [0.717, 1.165) is 16.7 Å². The van der Waals surface area contributed by atoms with Gasteiger partial charge < -0.3 is 20.5 Å². The lowest BCUT2D eigenvalue weighted by Gasteiger charge is -2.29. The van der Waals surface area contributed by atoms with Crippen LogP contribution in [0.5, 0.6) is 5.75 Å². The summed E-state index contributed by atoms with van der Waals surface area (Å²) in [6.45, 7) is 12.0. The highest BCUT2D eigenvalue weighted by molar-refractivity contribution is 7.63. The molecule has 0 aliphatic heterocycles. The fourth-order valence-corrected chi connectivity index (χ4v) is 5.76. The Morgan fingerprint density at radius 3 is 1.75 bits per heavy atom. The molecule has 0 spiro atoms. The summed E-state index contributed by atoms with van der Waals surface area (Å²) >= 11 is 0. The van der Waals surface area contributed by atoms with E-state index in [1.807, 2.05) is 53.7 Å². The van der Waals surface area contributed by atoms with Crippen molar-refractivity contribution in [1.29, 1.82) is 0 Å². The van der Waals surface area contributed by atoms with E-state index in [-0.39, 0.29) is 47.9 Å². The average Bonchev–Trinajstić information content (AvgIpc) is 2.50. The number of carbonyl (C=O) groups excluding carboxylic acids is 1. The van der Waals surface area contributed by atoms with Crippen LogP contribution < -0.4 is 5.73 Å². The number of phenols is 1. The second kappa shape index (κ2) is 8.69. The number of hydrogen-bond acceptors (Lipinski definition) is 4. The molecular weight excluding hydrogens is 377 g/mol. The van der Waals surface area contributed by atoms with Crippen molar-refractivity contribution in [1.82, 2.24) is 0 Å². The normalized spacial score (nSPS) is 14.5. The maximum atomic E-state index is 13.5. The summed E-state index contributed by atoms with van der Waals surface area (Å²) in [5.74, 6) is -1.33. The SMILES string of the molecule is CC(C)(C)c1cc(CP(=O)(CCC(N)=O)CCC(=O)O)cc(C(C)(C)C)c1O. The lowest BCUT2D eigenvalue weighted by atomic mass is 9.78. The molecule has 1 rings (SSSR count). The summed E-state index contributed by atoms with van der Waals surface area (Å²) in [6.07, 6.45) is 0.0397. The van der Waals surface area contributed by atoms with E-state index in [1.54, 1.807) is 0 Å². The molecule has 0 fully saturated rings. The first-order valence-electron chi connectivity index (χ1n) is 9.49. The summed E-state index contributed by atoms with van der Waals surface area (Å²) in [7, 11) is -2.97. The van der Waals surface area contributed by atoms with Gasteiger partial charge in [0.05, 0.1) is 13.6 Å². The van der Waals surface area contributed by atoms with Gasteiger partial charge in [-0.1, -0.05) is 53.7 Å². The van der Waals surface area contributed by atoms with Crippen molar-refractivity contribution in [2.75, 3.05) is 12.3 Å². The fraction of sp³-hybridized carbons (Fsp3) is 0.619. The number of benzene rings is 1. The van der Waals surface area contributed by atoms with Gasteiger partial charge in [-0.15, -0.1) is 0 Å². The molecule has 6 nitrogen and oxygen atoms in total. The lowest BCUT2D eigenvalue weighted by Crippen LogP contribution is -2.18. The molecule has 0 bridgehead atoms. The fourth-order valence-electron chi connectivity index (χ4n) is 3.14. The number of amides is 1. The molecule has 0 saturated carbocycles. The van der Waals surface area contributed by atoms with Crippen molar-refractivity contribution >= 4 is 19.0 Å². The van der Waals surface area contributed by atoms with E-state index in [4.69, 9.17) is 10.8 Å². The quantitative estimate of drug-likeness (QED) is 0.554. The molecule has 0 saturated heterocycles. The Balaban J connectivity index is 3.43. The predicted molar refractivity (Wildman–Crippen MR) is 113 cm³/mol. The van der Waals surface area contributed by atoms with Gasteiger partial charge in [0.15, 0.2) is 0 Å². The van der Waals surface area contributed by atoms with Gasteiger partial charge in [-0.3, -0.25) is 9.59 Å². The number of carboxylic acids is 1. The Labute approximate surface area is 167 Å². The van der Waals surface area contributed by atoms with E-state index >= 15 is 0 Å². The number of nitrogens with two attached hydrogens (primary N) is 1. The number of phenolic OH excluding ortho intramolecular Hbond substituents is 1. The molecule has 1 atom stereocenters. The van der Waals surface area contributed by atoms with E-state index < -0.39 is 19.0 Å². The zero-order valence-corrected chi connectivity index (χ0v) is 18.7. The van der Waals surface area contributed by atoms with Crippen LogP contribution in [0.15, 0.2) is 12.1 Å². The van der Waals surface area contributed by atoms with Gasteiger partial charge in [-0.2, -0.15) is 0 Å². The minimum absolute atomic E-state index is 0.0200. The molecule has 0 radical (unpaired) electrons.